The summed E-state index contributed by atoms with van der Waals surface area (Å²) in [6.45, 7) is 9.80. The number of likely N-dealkylation sites (tertiary alicyclic amines) is 1. The number of piperidine rings is 1. The molecule has 1 fully saturated rings. The van der Waals surface area contributed by atoms with Crippen LogP contribution >= 0.6 is 0 Å². The maximum Gasteiger partial charge on any atom is 0.410 e. The minimum absolute atomic E-state index is 0.121. The van der Waals surface area contributed by atoms with Gasteiger partial charge in [-0.25, -0.2) is 9.18 Å². The quantitative estimate of drug-likeness (QED) is 0.519. The normalized spacial score (nSPS) is 18.4. The summed E-state index contributed by atoms with van der Waals surface area (Å²) in [6.07, 6.45) is 2.76. The summed E-state index contributed by atoms with van der Waals surface area (Å²) >= 11 is 0. The Morgan fingerprint density at radius 3 is 2.74 bits per heavy atom. The molecular formula is C23H37FN4O3. The van der Waals surface area contributed by atoms with Crippen LogP contribution in [0.5, 0.6) is 5.75 Å². The van der Waals surface area contributed by atoms with Crippen molar-refractivity contribution < 1.29 is 18.7 Å². The Morgan fingerprint density at radius 2 is 2.13 bits per heavy atom. The summed E-state index contributed by atoms with van der Waals surface area (Å²) in [5, 5.41) is 6.61. The van der Waals surface area contributed by atoms with Crippen LogP contribution in [-0.4, -0.2) is 56.3 Å². The van der Waals surface area contributed by atoms with E-state index in [1.165, 1.54) is 13.2 Å². The summed E-state index contributed by atoms with van der Waals surface area (Å²) in [4.78, 5) is 18.4. The van der Waals surface area contributed by atoms with E-state index in [1.54, 1.807) is 13.1 Å². The number of nitrogens with zero attached hydrogens (tertiary/aromatic N) is 2. The van der Waals surface area contributed by atoms with Gasteiger partial charge in [-0.3, -0.25) is 4.99 Å². The molecule has 7 nitrogen and oxygen atoms in total. The summed E-state index contributed by atoms with van der Waals surface area (Å²) in [7, 11) is 3.16. The number of nitrogens with one attached hydrogen (secondary N) is 2. The van der Waals surface area contributed by atoms with Crippen LogP contribution in [0.25, 0.3) is 0 Å². The molecule has 0 saturated carbocycles. The minimum Gasteiger partial charge on any atom is -0.494 e. The average Bonchev–Trinajstić information content (AvgIpc) is 2.71. The molecule has 1 aliphatic heterocycles. The van der Waals surface area contributed by atoms with Gasteiger partial charge in [-0.05, 0) is 70.6 Å². The lowest BCUT2D eigenvalue weighted by Gasteiger charge is -2.34. The van der Waals surface area contributed by atoms with Crippen LogP contribution in [0.4, 0.5) is 9.18 Å². The van der Waals surface area contributed by atoms with E-state index in [-0.39, 0.29) is 23.7 Å². The summed E-state index contributed by atoms with van der Waals surface area (Å²) in [5.41, 5.74) is 0.328. The highest BCUT2D eigenvalue weighted by Gasteiger charge is 2.27. The van der Waals surface area contributed by atoms with Crippen molar-refractivity contribution in [1.29, 1.82) is 0 Å². The van der Waals surface area contributed by atoms with Gasteiger partial charge in [0.2, 0.25) is 0 Å². The van der Waals surface area contributed by atoms with E-state index in [4.69, 9.17) is 9.47 Å². The fourth-order valence-electron chi connectivity index (χ4n) is 3.62. The molecule has 1 amide bonds. The fourth-order valence-corrected chi connectivity index (χ4v) is 3.62. The lowest BCUT2D eigenvalue weighted by atomic mass is 9.95. The Bertz CT molecular complexity index is 764. The number of hydrogen-bond donors (Lipinski definition) is 2. The van der Waals surface area contributed by atoms with Crippen LogP contribution in [-0.2, 0) is 4.74 Å². The van der Waals surface area contributed by atoms with Crippen molar-refractivity contribution in [3.63, 3.8) is 0 Å². The Labute approximate surface area is 185 Å². The van der Waals surface area contributed by atoms with E-state index in [1.807, 2.05) is 38.7 Å². The maximum atomic E-state index is 14.0. The standard InChI is InChI=1S/C23H37FN4O3/c1-16(18-9-10-20(30-6)19(24)14-18)27-21(25-5)26-12-11-17-8-7-13-28(15-17)22(29)31-23(2,3)4/h9-10,14,16-17H,7-8,11-13,15H2,1-6H3,(H2,25,26,27). The van der Waals surface area contributed by atoms with Crippen molar-refractivity contribution in [3.8, 4) is 5.75 Å². The van der Waals surface area contributed by atoms with E-state index in [0.29, 0.717) is 18.4 Å². The van der Waals surface area contributed by atoms with E-state index >= 15 is 0 Å². The monoisotopic (exact) mass is 436 g/mol. The number of guanidine groups is 1. The lowest BCUT2D eigenvalue weighted by molar-refractivity contribution is 0.0162. The van der Waals surface area contributed by atoms with Crippen LogP contribution in [0.3, 0.4) is 0 Å². The molecule has 1 aromatic rings. The molecule has 0 aliphatic carbocycles. The second-order valence-corrected chi connectivity index (χ2v) is 8.98. The van der Waals surface area contributed by atoms with Gasteiger partial charge in [0.1, 0.15) is 5.60 Å². The molecule has 2 rings (SSSR count). The molecule has 2 atom stereocenters. The highest BCUT2D eigenvalue weighted by Crippen LogP contribution is 2.23. The Morgan fingerprint density at radius 1 is 1.39 bits per heavy atom. The predicted octanol–water partition coefficient (Wildman–Crippen LogP) is 4.10. The Hall–Kier alpha value is -2.51. The zero-order valence-corrected chi connectivity index (χ0v) is 19.6. The third-order valence-corrected chi connectivity index (χ3v) is 5.27. The van der Waals surface area contributed by atoms with Crippen LogP contribution in [0.2, 0.25) is 0 Å². The van der Waals surface area contributed by atoms with Gasteiger partial charge in [-0.2, -0.15) is 0 Å². The van der Waals surface area contributed by atoms with E-state index in [9.17, 15) is 9.18 Å². The largest absolute Gasteiger partial charge is 0.494 e. The van der Waals surface area contributed by atoms with Gasteiger partial charge in [0, 0.05) is 26.7 Å². The molecule has 1 aliphatic rings. The van der Waals surface area contributed by atoms with Gasteiger partial charge >= 0.3 is 6.09 Å². The van der Waals surface area contributed by atoms with Gasteiger partial charge in [0.05, 0.1) is 13.2 Å². The first kappa shape index (κ1) is 24.8. The molecule has 1 heterocycles. The van der Waals surface area contributed by atoms with Crippen molar-refractivity contribution in [2.24, 2.45) is 10.9 Å². The molecule has 0 aromatic heterocycles. The highest BCUT2D eigenvalue weighted by molar-refractivity contribution is 5.80. The third kappa shape index (κ3) is 7.92. The van der Waals surface area contributed by atoms with E-state index in [0.717, 1.165) is 37.9 Å². The van der Waals surface area contributed by atoms with Crippen LogP contribution in [0, 0.1) is 11.7 Å². The number of carbonyl (C=O) groups is 1. The van der Waals surface area contributed by atoms with E-state index in [2.05, 4.69) is 15.6 Å². The molecule has 1 saturated heterocycles. The minimum atomic E-state index is -0.479. The highest BCUT2D eigenvalue weighted by atomic mass is 19.1. The van der Waals surface area contributed by atoms with Crippen molar-refractivity contribution in [2.45, 2.75) is 58.6 Å². The molecule has 1 aromatic carbocycles. The van der Waals surface area contributed by atoms with Crippen molar-refractivity contribution >= 4 is 12.1 Å². The number of methoxy groups -OCH3 is 1. The molecular weight excluding hydrogens is 399 g/mol. The van der Waals surface area contributed by atoms with E-state index < -0.39 is 5.60 Å². The number of benzene rings is 1. The molecule has 0 bridgehead atoms. The van der Waals surface area contributed by atoms with Crippen LogP contribution in [0.1, 0.15) is 58.6 Å². The average molecular weight is 437 g/mol. The zero-order chi connectivity index (χ0) is 23.0. The van der Waals surface area contributed by atoms with Gasteiger partial charge in [-0.15, -0.1) is 0 Å². The predicted molar refractivity (Wildman–Crippen MR) is 121 cm³/mol. The maximum absolute atomic E-state index is 14.0. The topological polar surface area (TPSA) is 75.2 Å². The zero-order valence-electron chi connectivity index (χ0n) is 19.6. The number of ether oxygens (including phenoxy) is 2. The van der Waals surface area contributed by atoms with Gasteiger partial charge in [0.15, 0.2) is 17.5 Å². The fraction of sp³-hybridized carbons (Fsp3) is 0.652. The smallest absolute Gasteiger partial charge is 0.410 e. The summed E-state index contributed by atoms with van der Waals surface area (Å²) in [6, 6.07) is 4.80. The van der Waals surface area contributed by atoms with Gasteiger partial charge < -0.3 is 25.0 Å². The Balaban J connectivity index is 1.80. The first-order chi connectivity index (χ1) is 14.6. The first-order valence-electron chi connectivity index (χ1n) is 10.9. The Kier molecular flexibility index (Phi) is 8.95. The number of aliphatic imine (C=N–C) groups is 1. The second-order valence-electron chi connectivity index (χ2n) is 8.98. The molecule has 31 heavy (non-hydrogen) atoms. The number of carbonyl (C=O) groups excluding carboxylic acids is 1. The van der Waals surface area contributed by atoms with Crippen molar-refractivity contribution in [3.05, 3.63) is 29.6 Å². The van der Waals surface area contributed by atoms with Crippen LogP contribution in [0.15, 0.2) is 23.2 Å². The number of rotatable bonds is 6. The molecule has 174 valence electrons. The molecule has 0 spiro atoms. The molecule has 2 unspecified atom stereocenters. The van der Waals surface area contributed by atoms with Gasteiger partial charge in [0.25, 0.3) is 0 Å². The molecule has 0 radical (unpaired) electrons. The summed E-state index contributed by atoms with van der Waals surface area (Å²) < 4.78 is 24.5. The number of hydrogen-bond acceptors (Lipinski definition) is 4. The number of amides is 1. The summed E-state index contributed by atoms with van der Waals surface area (Å²) in [5.74, 6) is 0.915. The molecule has 8 heteroatoms. The number of halogens is 1. The SMILES string of the molecule is CN=C(NCCC1CCCN(C(=O)OC(C)(C)C)C1)NC(C)c1ccc(OC)c(F)c1. The third-order valence-electron chi connectivity index (χ3n) is 5.27. The van der Waals surface area contributed by atoms with Gasteiger partial charge in [-0.1, -0.05) is 6.07 Å². The lowest BCUT2D eigenvalue weighted by Crippen LogP contribution is -2.44. The molecule has 2 N–H and O–H groups in total. The van der Waals surface area contributed by atoms with Crippen molar-refractivity contribution in [2.75, 3.05) is 33.8 Å². The van der Waals surface area contributed by atoms with Crippen molar-refractivity contribution in [1.82, 2.24) is 15.5 Å². The second kappa shape index (κ2) is 11.2. The van der Waals surface area contributed by atoms with Crippen LogP contribution < -0.4 is 15.4 Å². The first-order valence-corrected chi connectivity index (χ1v) is 10.9.